The van der Waals surface area contributed by atoms with Crippen LogP contribution in [0.1, 0.15) is 5.56 Å². The van der Waals surface area contributed by atoms with Crippen molar-refractivity contribution in [3.8, 4) is 0 Å². The molecule has 1 aliphatic heterocycles. The van der Waals surface area contributed by atoms with Crippen LogP contribution in [0.5, 0.6) is 0 Å². The van der Waals surface area contributed by atoms with E-state index >= 15 is 0 Å². The molecule has 1 N–H and O–H groups in total. The third-order valence-corrected chi connectivity index (χ3v) is 6.04. The van der Waals surface area contributed by atoms with E-state index in [-0.39, 0.29) is 16.5 Å². The number of aryl methyl sites for hydroxylation is 1. The zero-order valence-electron chi connectivity index (χ0n) is 10.0. The number of hydrogen-bond acceptors (Lipinski definition) is 4. The second kappa shape index (κ2) is 5.10. The van der Waals surface area contributed by atoms with Crippen LogP contribution in [0.2, 0.25) is 0 Å². The van der Waals surface area contributed by atoms with E-state index in [1.807, 2.05) is 0 Å². The second-order valence-electron chi connectivity index (χ2n) is 4.16. The van der Waals surface area contributed by atoms with Gasteiger partial charge in [0.15, 0.2) is 0 Å². The van der Waals surface area contributed by atoms with Gasteiger partial charge in [-0.25, -0.2) is 12.8 Å². The largest absolute Gasteiger partial charge is 0.480 e. The summed E-state index contributed by atoms with van der Waals surface area (Å²) >= 11 is 1.22. The summed E-state index contributed by atoms with van der Waals surface area (Å²) in [6, 6.07) is 2.35. The fourth-order valence-electron chi connectivity index (χ4n) is 1.84. The molecule has 0 saturated carbocycles. The number of halogens is 1. The lowest BCUT2D eigenvalue weighted by Crippen LogP contribution is -2.41. The average Bonchev–Trinajstić information content (AvgIpc) is 2.82. The molecule has 0 spiro atoms. The first-order valence-electron chi connectivity index (χ1n) is 5.42. The van der Waals surface area contributed by atoms with Crippen LogP contribution in [-0.2, 0) is 14.8 Å². The van der Waals surface area contributed by atoms with E-state index in [1.165, 1.54) is 23.9 Å². The Bertz CT molecular complexity index is 617. The minimum Gasteiger partial charge on any atom is -0.480 e. The fraction of sp³-hybridized carbons (Fsp3) is 0.364. The zero-order valence-corrected chi connectivity index (χ0v) is 11.7. The summed E-state index contributed by atoms with van der Waals surface area (Å²) in [4.78, 5) is 10.9. The highest BCUT2D eigenvalue weighted by Gasteiger charge is 2.40. The van der Waals surface area contributed by atoms with E-state index in [4.69, 9.17) is 5.11 Å². The SMILES string of the molecule is Cc1ccc(F)cc1S(=O)(=O)N1CSC[C@H]1C(=O)O. The molecule has 0 bridgehead atoms. The number of carboxylic acid groups (broad SMARTS) is 1. The van der Waals surface area contributed by atoms with Crippen molar-refractivity contribution in [1.82, 2.24) is 4.31 Å². The number of hydrogen-bond donors (Lipinski definition) is 1. The lowest BCUT2D eigenvalue weighted by molar-refractivity contribution is -0.140. The van der Waals surface area contributed by atoms with Crippen LogP contribution >= 0.6 is 11.8 Å². The summed E-state index contributed by atoms with van der Waals surface area (Å²) in [5.41, 5.74) is 0.391. The van der Waals surface area contributed by atoms with Gasteiger partial charge in [0.05, 0.1) is 10.8 Å². The van der Waals surface area contributed by atoms with Crippen molar-refractivity contribution >= 4 is 27.8 Å². The molecule has 104 valence electrons. The first kappa shape index (κ1) is 14.3. The van der Waals surface area contributed by atoms with Crippen molar-refractivity contribution in [3.05, 3.63) is 29.6 Å². The highest BCUT2D eigenvalue weighted by molar-refractivity contribution is 8.00. The molecule has 1 heterocycles. The van der Waals surface area contributed by atoms with Crippen LogP contribution in [0, 0.1) is 12.7 Å². The van der Waals surface area contributed by atoms with E-state index in [0.29, 0.717) is 5.56 Å². The first-order valence-corrected chi connectivity index (χ1v) is 8.02. The summed E-state index contributed by atoms with van der Waals surface area (Å²) in [5, 5.41) is 9.02. The molecule has 1 aromatic rings. The summed E-state index contributed by atoms with van der Waals surface area (Å²) in [6.45, 7) is 1.55. The highest BCUT2D eigenvalue weighted by Crippen LogP contribution is 2.30. The normalized spacial score (nSPS) is 20.6. The van der Waals surface area contributed by atoms with E-state index < -0.39 is 27.9 Å². The number of benzene rings is 1. The molecule has 19 heavy (non-hydrogen) atoms. The van der Waals surface area contributed by atoms with Crippen molar-refractivity contribution in [2.24, 2.45) is 0 Å². The number of carboxylic acids is 1. The lowest BCUT2D eigenvalue weighted by Gasteiger charge is -2.21. The van der Waals surface area contributed by atoms with Gasteiger partial charge < -0.3 is 5.11 Å². The van der Waals surface area contributed by atoms with Gasteiger partial charge in [-0.05, 0) is 24.6 Å². The quantitative estimate of drug-likeness (QED) is 0.910. The van der Waals surface area contributed by atoms with Crippen LogP contribution in [0.25, 0.3) is 0 Å². The second-order valence-corrected chi connectivity index (χ2v) is 7.01. The third kappa shape index (κ3) is 2.60. The number of carbonyl (C=O) groups is 1. The molecule has 1 aromatic carbocycles. The topological polar surface area (TPSA) is 74.7 Å². The number of thioether (sulfide) groups is 1. The Kier molecular flexibility index (Phi) is 3.84. The smallest absolute Gasteiger partial charge is 0.322 e. The first-order chi connectivity index (χ1) is 8.84. The third-order valence-electron chi connectivity index (χ3n) is 2.86. The molecule has 0 aliphatic carbocycles. The van der Waals surface area contributed by atoms with Crippen LogP contribution in [0.15, 0.2) is 23.1 Å². The Morgan fingerprint density at radius 1 is 1.53 bits per heavy atom. The van der Waals surface area contributed by atoms with Crippen molar-refractivity contribution < 1.29 is 22.7 Å². The van der Waals surface area contributed by atoms with Gasteiger partial charge in [0.25, 0.3) is 0 Å². The molecule has 0 amide bonds. The van der Waals surface area contributed by atoms with Gasteiger partial charge in [0.1, 0.15) is 11.9 Å². The molecule has 5 nitrogen and oxygen atoms in total. The zero-order chi connectivity index (χ0) is 14.2. The maximum atomic E-state index is 13.2. The van der Waals surface area contributed by atoms with Gasteiger partial charge >= 0.3 is 5.97 Å². The Morgan fingerprint density at radius 3 is 2.84 bits per heavy atom. The molecule has 0 radical (unpaired) electrons. The standard InChI is InChI=1S/C11H12FNO4S2/c1-7-2-3-8(12)4-10(7)19(16,17)13-6-18-5-9(13)11(14)15/h2-4,9H,5-6H2,1H3,(H,14,15)/t9-/m0/s1. The van der Waals surface area contributed by atoms with Crippen molar-refractivity contribution in [3.63, 3.8) is 0 Å². The minimum absolute atomic E-state index is 0.0647. The molecule has 1 aliphatic rings. The maximum absolute atomic E-state index is 13.2. The molecule has 1 atom stereocenters. The maximum Gasteiger partial charge on any atom is 0.322 e. The minimum atomic E-state index is -3.99. The van der Waals surface area contributed by atoms with Crippen LogP contribution in [0.4, 0.5) is 4.39 Å². The Balaban J connectivity index is 2.48. The van der Waals surface area contributed by atoms with Crippen molar-refractivity contribution in [2.45, 2.75) is 17.9 Å². The number of rotatable bonds is 3. The Morgan fingerprint density at radius 2 is 2.21 bits per heavy atom. The molecular weight excluding hydrogens is 293 g/mol. The van der Waals surface area contributed by atoms with E-state index in [9.17, 15) is 17.6 Å². The van der Waals surface area contributed by atoms with Crippen molar-refractivity contribution in [1.29, 1.82) is 0 Å². The lowest BCUT2D eigenvalue weighted by atomic mass is 10.2. The number of aliphatic carboxylic acids is 1. The average molecular weight is 305 g/mol. The summed E-state index contributed by atoms with van der Waals surface area (Å²) < 4.78 is 38.9. The highest BCUT2D eigenvalue weighted by atomic mass is 32.2. The van der Waals surface area contributed by atoms with E-state index in [1.54, 1.807) is 6.92 Å². The van der Waals surface area contributed by atoms with Crippen LogP contribution < -0.4 is 0 Å². The van der Waals surface area contributed by atoms with E-state index in [2.05, 4.69) is 0 Å². The van der Waals surface area contributed by atoms with Crippen LogP contribution in [0.3, 0.4) is 0 Å². The molecular formula is C11H12FNO4S2. The van der Waals surface area contributed by atoms with Gasteiger partial charge in [-0.15, -0.1) is 11.8 Å². The molecule has 1 saturated heterocycles. The fourth-order valence-corrected chi connectivity index (χ4v) is 5.21. The van der Waals surface area contributed by atoms with Gasteiger partial charge in [0, 0.05) is 5.75 Å². The van der Waals surface area contributed by atoms with E-state index in [0.717, 1.165) is 10.4 Å². The van der Waals surface area contributed by atoms with Gasteiger partial charge in [0.2, 0.25) is 10.0 Å². The molecule has 2 rings (SSSR count). The predicted molar refractivity (Wildman–Crippen MR) is 68.9 cm³/mol. The summed E-state index contributed by atoms with van der Waals surface area (Å²) in [7, 11) is -3.99. The van der Waals surface area contributed by atoms with Gasteiger partial charge in [-0.3, -0.25) is 4.79 Å². The Labute approximate surface area is 114 Å². The molecule has 8 heteroatoms. The molecule has 0 aromatic heterocycles. The van der Waals surface area contributed by atoms with Gasteiger partial charge in [-0.2, -0.15) is 4.31 Å². The molecule has 0 unspecified atom stereocenters. The Hall–Kier alpha value is -1.12. The number of sulfonamides is 1. The number of nitrogens with zero attached hydrogens (tertiary/aromatic N) is 1. The van der Waals surface area contributed by atoms with Crippen LogP contribution in [-0.4, -0.2) is 41.5 Å². The van der Waals surface area contributed by atoms with Crippen molar-refractivity contribution in [2.75, 3.05) is 11.6 Å². The summed E-state index contributed by atoms with van der Waals surface area (Å²) in [5.74, 6) is -1.59. The monoisotopic (exact) mass is 305 g/mol. The predicted octanol–water partition coefficient (Wildman–Crippen LogP) is 1.28. The van der Waals surface area contributed by atoms with Gasteiger partial charge in [-0.1, -0.05) is 6.07 Å². The summed E-state index contributed by atoms with van der Waals surface area (Å²) in [6.07, 6.45) is 0. The molecule has 1 fully saturated rings.